The molecule has 1 saturated heterocycles. The molecule has 0 amide bonds. The summed E-state index contributed by atoms with van der Waals surface area (Å²) >= 11 is 0. The highest BCUT2D eigenvalue weighted by Crippen LogP contribution is 2.36. The van der Waals surface area contributed by atoms with E-state index >= 15 is 0 Å². The van der Waals surface area contributed by atoms with E-state index in [-0.39, 0.29) is 5.56 Å². The molecule has 0 atom stereocenters. The minimum absolute atomic E-state index is 0.0401. The van der Waals surface area contributed by atoms with Crippen LogP contribution in [0.1, 0.15) is 28.8 Å². The zero-order valence-electron chi connectivity index (χ0n) is 13.5. The molecule has 1 fully saturated rings. The monoisotopic (exact) mass is 342 g/mol. The van der Waals surface area contributed by atoms with Gasteiger partial charge in [0.05, 0.1) is 10.5 Å². The van der Waals surface area contributed by atoms with Gasteiger partial charge in [0, 0.05) is 18.9 Å². The number of ether oxygens (including phenoxy) is 1. The Labute approximate surface area is 144 Å². The number of benzene rings is 2. The molecule has 0 saturated carbocycles. The second-order valence-corrected chi connectivity index (χ2v) is 5.96. The summed E-state index contributed by atoms with van der Waals surface area (Å²) in [7, 11) is 0. The van der Waals surface area contributed by atoms with Crippen molar-refractivity contribution in [3.63, 3.8) is 0 Å². The van der Waals surface area contributed by atoms with E-state index < -0.39 is 27.9 Å². The Balaban J connectivity index is 1.91. The predicted molar refractivity (Wildman–Crippen MR) is 90.4 cm³/mol. The molecule has 1 aliphatic heterocycles. The van der Waals surface area contributed by atoms with Gasteiger partial charge in [0.2, 0.25) is 0 Å². The zero-order valence-corrected chi connectivity index (χ0v) is 13.5. The van der Waals surface area contributed by atoms with E-state index in [1.165, 1.54) is 6.07 Å². The van der Waals surface area contributed by atoms with Crippen molar-refractivity contribution in [2.75, 3.05) is 13.1 Å². The van der Waals surface area contributed by atoms with E-state index in [0.29, 0.717) is 25.9 Å². The largest absolute Gasteiger partial charge is 0.502 e. The minimum Gasteiger partial charge on any atom is -0.502 e. The third kappa shape index (κ3) is 3.46. The maximum absolute atomic E-state index is 12.6. The lowest BCUT2D eigenvalue weighted by Gasteiger charge is -2.37. The number of aromatic hydroxyl groups is 1. The first-order valence-corrected chi connectivity index (χ1v) is 7.99. The van der Waals surface area contributed by atoms with Crippen LogP contribution >= 0.6 is 0 Å². The number of hydrogen-bond acceptors (Lipinski definition) is 6. The molecule has 0 bridgehead atoms. The van der Waals surface area contributed by atoms with Crippen molar-refractivity contribution in [1.29, 1.82) is 0 Å². The van der Waals surface area contributed by atoms with Gasteiger partial charge in [-0.05, 0) is 30.8 Å². The first-order valence-electron chi connectivity index (χ1n) is 7.99. The Hall–Kier alpha value is -2.93. The molecule has 7 heteroatoms. The molecule has 0 unspecified atom stereocenters. The number of nitrogens with one attached hydrogen (secondary N) is 1. The van der Waals surface area contributed by atoms with E-state index in [9.17, 15) is 20.0 Å². The van der Waals surface area contributed by atoms with E-state index in [1.807, 2.05) is 30.3 Å². The number of carbonyl (C=O) groups excluding carboxylic acids is 1. The summed E-state index contributed by atoms with van der Waals surface area (Å²) < 4.78 is 5.84. The zero-order chi connectivity index (χ0) is 17.9. The SMILES string of the molecule is O=C(OC1(c2ccccc2)CCNCC1)c1ccc(O)c([N+](=O)[O-])c1. The average Bonchev–Trinajstić information content (AvgIpc) is 2.63. The fourth-order valence-electron chi connectivity index (χ4n) is 3.06. The summed E-state index contributed by atoms with van der Waals surface area (Å²) in [6.45, 7) is 1.41. The lowest BCUT2D eigenvalue weighted by atomic mass is 9.84. The number of hydrogen-bond donors (Lipinski definition) is 2. The van der Waals surface area contributed by atoms with Gasteiger partial charge >= 0.3 is 11.7 Å². The summed E-state index contributed by atoms with van der Waals surface area (Å²) in [6.07, 6.45) is 1.23. The van der Waals surface area contributed by atoms with Crippen LogP contribution < -0.4 is 5.32 Å². The average molecular weight is 342 g/mol. The van der Waals surface area contributed by atoms with Crippen LogP contribution in [0, 0.1) is 10.1 Å². The lowest BCUT2D eigenvalue weighted by molar-refractivity contribution is -0.385. The lowest BCUT2D eigenvalue weighted by Crippen LogP contribution is -2.43. The maximum Gasteiger partial charge on any atom is 0.339 e. The molecule has 1 aliphatic rings. The first kappa shape index (κ1) is 16.9. The van der Waals surface area contributed by atoms with Gasteiger partial charge in [-0.2, -0.15) is 0 Å². The third-order valence-electron chi connectivity index (χ3n) is 4.41. The highest BCUT2D eigenvalue weighted by molar-refractivity contribution is 5.91. The molecule has 0 radical (unpaired) electrons. The van der Waals surface area contributed by atoms with Crippen LogP contribution in [0.3, 0.4) is 0 Å². The molecular weight excluding hydrogens is 324 g/mol. The Bertz CT molecular complexity index is 785. The summed E-state index contributed by atoms with van der Waals surface area (Å²) in [5, 5.41) is 23.7. The van der Waals surface area contributed by atoms with E-state index in [0.717, 1.165) is 17.7 Å². The smallest absolute Gasteiger partial charge is 0.339 e. The van der Waals surface area contributed by atoms with E-state index in [1.54, 1.807) is 0 Å². The number of nitrogens with zero attached hydrogens (tertiary/aromatic N) is 1. The van der Waals surface area contributed by atoms with Gasteiger partial charge < -0.3 is 15.2 Å². The number of rotatable bonds is 4. The van der Waals surface area contributed by atoms with Crippen molar-refractivity contribution < 1.29 is 19.6 Å². The second kappa shape index (κ2) is 6.90. The Morgan fingerprint density at radius 1 is 1.16 bits per heavy atom. The van der Waals surface area contributed by atoms with Crippen LogP contribution in [0.5, 0.6) is 5.75 Å². The second-order valence-electron chi connectivity index (χ2n) is 5.96. The Kier molecular flexibility index (Phi) is 4.67. The number of esters is 1. The van der Waals surface area contributed by atoms with Gasteiger partial charge in [0.25, 0.3) is 0 Å². The molecule has 7 nitrogen and oxygen atoms in total. The van der Waals surface area contributed by atoms with Crippen molar-refractivity contribution in [2.24, 2.45) is 0 Å². The highest BCUT2D eigenvalue weighted by Gasteiger charge is 2.38. The van der Waals surface area contributed by atoms with Crippen LogP contribution in [-0.2, 0) is 10.3 Å². The Morgan fingerprint density at radius 3 is 2.48 bits per heavy atom. The van der Waals surface area contributed by atoms with Crippen molar-refractivity contribution in [3.8, 4) is 5.75 Å². The third-order valence-corrected chi connectivity index (χ3v) is 4.41. The maximum atomic E-state index is 12.6. The summed E-state index contributed by atoms with van der Waals surface area (Å²) in [4.78, 5) is 22.9. The summed E-state index contributed by atoms with van der Waals surface area (Å²) in [5.41, 5.74) is -0.346. The molecule has 2 aromatic rings. The molecule has 1 heterocycles. The van der Waals surface area contributed by atoms with Crippen LogP contribution in [0.4, 0.5) is 5.69 Å². The number of carbonyl (C=O) groups is 1. The predicted octanol–water partition coefficient (Wildman–Crippen LogP) is 2.74. The fraction of sp³-hybridized carbons (Fsp3) is 0.278. The van der Waals surface area contributed by atoms with Gasteiger partial charge in [-0.15, -0.1) is 0 Å². The summed E-state index contributed by atoms with van der Waals surface area (Å²) in [5.74, 6) is -1.13. The quantitative estimate of drug-likeness (QED) is 0.503. The molecular formula is C18H18N2O5. The standard InChI is InChI=1S/C18H18N2O5/c21-16-7-6-13(12-15(16)20(23)24)17(22)25-18(8-10-19-11-9-18)14-4-2-1-3-5-14/h1-7,12,19,21H,8-11H2. The van der Waals surface area contributed by atoms with Gasteiger partial charge in [0.15, 0.2) is 5.75 Å². The molecule has 2 N–H and O–H groups in total. The van der Waals surface area contributed by atoms with Crippen molar-refractivity contribution in [1.82, 2.24) is 5.32 Å². The molecule has 25 heavy (non-hydrogen) atoms. The molecule has 0 aliphatic carbocycles. The van der Waals surface area contributed by atoms with Crippen molar-refractivity contribution in [3.05, 3.63) is 69.8 Å². The Morgan fingerprint density at radius 2 is 1.84 bits per heavy atom. The fourth-order valence-corrected chi connectivity index (χ4v) is 3.06. The highest BCUT2D eigenvalue weighted by atomic mass is 16.6. The van der Waals surface area contributed by atoms with Crippen LogP contribution in [-0.4, -0.2) is 29.1 Å². The number of piperidine rings is 1. The van der Waals surface area contributed by atoms with Crippen LogP contribution in [0.2, 0.25) is 0 Å². The molecule has 3 rings (SSSR count). The van der Waals surface area contributed by atoms with Crippen molar-refractivity contribution >= 4 is 11.7 Å². The first-order chi connectivity index (χ1) is 12.0. The number of phenolic OH excluding ortho intramolecular Hbond substituents is 1. The van der Waals surface area contributed by atoms with Gasteiger partial charge in [-0.1, -0.05) is 30.3 Å². The van der Waals surface area contributed by atoms with Crippen LogP contribution in [0.25, 0.3) is 0 Å². The van der Waals surface area contributed by atoms with E-state index in [4.69, 9.17) is 4.74 Å². The van der Waals surface area contributed by atoms with Crippen molar-refractivity contribution in [2.45, 2.75) is 18.4 Å². The normalized spacial score (nSPS) is 16.2. The van der Waals surface area contributed by atoms with E-state index in [2.05, 4.69) is 5.32 Å². The molecule has 2 aromatic carbocycles. The minimum atomic E-state index is -0.768. The summed E-state index contributed by atoms with van der Waals surface area (Å²) in [6, 6.07) is 13.0. The van der Waals surface area contributed by atoms with Gasteiger partial charge in [-0.3, -0.25) is 10.1 Å². The number of nitro benzene ring substituents is 1. The topological polar surface area (TPSA) is 102 Å². The molecule has 0 spiro atoms. The number of nitro groups is 1. The number of phenols is 1. The van der Waals surface area contributed by atoms with Gasteiger partial charge in [-0.25, -0.2) is 4.79 Å². The van der Waals surface area contributed by atoms with Gasteiger partial charge in [0.1, 0.15) is 5.60 Å². The molecule has 130 valence electrons. The molecule has 0 aromatic heterocycles. The van der Waals surface area contributed by atoms with Crippen LogP contribution in [0.15, 0.2) is 48.5 Å².